The quantitative estimate of drug-likeness (QED) is 0.156. The standard InChI is InChI=1S/C26H24BrN5O4/c27-21-8-3-1-6-18(21)16-26(25(28)34)23(20-7-2-4-9-22(20)31-32-29)36-24(30-26)17-10-12-19(13-11-17)35-15-5-14-33/h1-4,6-13,23,33H,5,14-16H2,(H2,28,34)/t23-,26-/m1/s1. The van der Waals surface area contributed by atoms with Crippen molar-refractivity contribution in [3.63, 3.8) is 0 Å². The van der Waals surface area contributed by atoms with Crippen LogP contribution in [0.25, 0.3) is 10.4 Å². The molecule has 9 nitrogen and oxygen atoms in total. The van der Waals surface area contributed by atoms with Gasteiger partial charge in [0.1, 0.15) is 5.75 Å². The van der Waals surface area contributed by atoms with Crippen LogP contribution in [0.15, 0.2) is 87.4 Å². The largest absolute Gasteiger partial charge is 0.494 e. The van der Waals surface area contributed by atoms with Crippen LogP contribution in [-0.4, -0.2) is 35.7 Å². The number of carbonyl (C=O) groups excluding carboxylic acids is 1. The fraction of sp³-hybridized carbons (Fsp3) is 0.231. The summed E-state index contributed by atoms with van der Waals surface area (Å²) in [6.07, 6.45) is -0.246. The number of nitrogens with two attached hydrogens (primary N) is 1. The lowest BCUT2D eigenvalue weighted by Crippen LogP contribution is -2.47. The van der Waals surface area contributed by atoms with Gasteiger partial charge in [0.05, 0.1) is 6.61 Å². The molecule has 1 heterocycles. The summed E-state index contributed by atoms with van der Waals surface area (Å²) < 4.78 is 12.7. The number of halogens is 1. The Labute approximate surface area is 216 Å². The first-order valence-corrected chi connectivity index (χ1v) is 12.1. The highest BCUT2D eigenvalue weighted by Gasteiger charge is 2.53. The average molecular weight is 550 g/mol. The molecule has 3 aromatic rings. The van der Waals surface area contributed by atoms with E-state index in [2.05, 4.69) is 26.0 Å². The van der Waals surface area contributed by atoms with Crippen LogP contribution in [0.3, 0.4) is 0 Å². The molecule has 0 saturated heterocycles. The minimum Gasteiger partial charge on any atom is -0.494 e. The number of primary amides is 1. The third kappa shape index (κ3) is 5.21. The maximum atomic E-state index is 13.1. The number of aliphatic imine (C=N–C) groups is 1. The Morgan fingerprint density at radius 3 is 2.58 bits per heavy atom. The van der Waals surface area contributed by atoms with Gasteiger partial charge in [-0.25, -0.2) is 4.99 Å². The van der Waals surface area contributed by atoms with Crippen molar-refractivity contribution in [3.8, 4) is 5.75 Å². The van der Waals surface area contributed by atoms with Crippen molar-refractivity contribution in [1.29, 1.82) is 0 Å². The van der Waals surface area contributed by atoms with Gasteiger partial charge in [-0.05, 0) is 41.4 Å². The predicted octanol–water partition coefficient (Wildman–Crippen LogP) is 5.14. The molecule has 0 aliphatic carbocycles. The summed E-state index contributed by atoms with van der Waals surface area (Å²) in [7, 11) is 0. The summed E-state index contributed by atoms with van der Waals surface area (Å²) in [5, 5.41) is 12.7. The summed E-state index contributed by atoms with van der Waals surface area (Å²) in [6, 6.07) is 21.5. The van der Waals surface area contributed by atoms with Gasteiger partial charge in [0.25, 0.3) is 0 Å². The molecular weight excluding hydrogens is 526 g/mol. The van der Waals surface area contributed by atoms with Crippen LogP contribution in [0.5, 0.6) is 5.75 Å². The van der Waals surface area contributed by atoms with Gasteiger partial charge >= 0.3 is 0 Å². The van der Waals surface area contributed by atoms with E-state index in [1.54, 1.807) is 48.5 Å². The number of hydrogen-bond acceptors (Lipinski definition) is 6. The Bertz CT molecular complexity index is 1320. The number of aliphatic hydroxyl groups excluding tert-OH is 1. The van der Waals surface area contributed by atoms with E-state index >= 15 is 0 Å². The summed E-state index contributed by atoms with van der Waals surface area (Å²) >= 11 is 3.55. The summed E-state index contributed by atoms with van der Waals surface area (Å²) in [4.78, 5) is 20.9. The van der Waals surface area contributed by atoms with Gasteiger partial charge in [0.2, 0.25) is 11.8 Å². The van der Waals surface area contributed by atoms with Gasteiger partial charge in [0.15, 0.2) is 11.6 Å². The zero-order chi connectivity index (χ0) is 25.5. The average Bonchev–Trinajstić information content (AvgIpc) is 3.27. The summed E-state index contributed by atoms with van der Waals surface area (Å²) in [6.45, 7) is 0.441. The first-order valence-electron chi connectivity index (χ1n) is 11.3. The molecule has 184 valence electrons. The number of carbonyl (C=O) groups is 1. The van der Waals surface area contributed by atoms with Crippen molar-refractivity contribution in [3.05, 3.63) is 104 Å². The number of rotatable bonds is 10. The lowest BCUT2D eigenvalue weighted by atomic mass is 9.82. The lowest BCUT2D eigenvalue weighted by molar-refractivity contribution is -0.125. The van der Waals surface area contributed by atoms with Gasteiger partial charge in [-0.1, -0.05) is 63.5 Å². The molecular formula is C26H24BrN5O4. The van der Waals surface area contributed by atoms with Crippen LogP contribution < -0.4 is 10.5 Å². The van der Waals surface area contributed by atoms with Crippen LogP contribution in [0, 0.1) is 0 Å². The Balaban J connectivity index is 1.79. The maximum absolute atomic E-state index is 13.1. The number of hydrogen-bond donors (Lipinski definition) is 2. The van der Waals surface area contributed by atoms with Gasteiger partial charge in [-0.15, -0.1) is 0 Å². The summed E-state index contributed by atoms with van der Waals surface area (Å²) in [5.74, 6) is 0.201. The Morgan fingerprint density at radius 2 is 1.89 bits per heavy atom. The molecule has 2 atom stereocenters. The molecule has 0 saturated carbocycles. The first-order chi connectivity index (χ1) is 17.5. The third-order valence-corrected chi connectivity index (χ3v) is 6.63. The first kappa shape index (κ1) is 25.2. The molecule has 0 aromatic heterocycles. The van der Waals surface area contributed by atoms with E-state index in [0.29, 0.717) is 35.6 Å². The number of ether oxygens (including phenoxy) is 2. The molecule has 3 N–H and O–H groups in total. The van der Waals surface area contributed by atoms with Crippen LogP contribution in [0.4, 0.5) is 5.69 Å². The van der Waals surface area contributed by atoms with E-state index in [1.165, 1.54) is 0 Å². The number of nitrogens with zero attached hydrogens (tertiary/aromatic N) is 4. The van der Waals surface area contributed by atoms with Crippen molar-refractivity contribution in [2.75, 3.05) is 13.2 Å². The van der Waals surface area contributed by atoms with Crippen molar-refractivity contribution >= 4 is 33.4 Å². The van der Waals surface area contributed by atoms with E-state index in [-0.39, 0.29) is 18.9 Å². The van der Waals surface area contributed by atoms with Crippen LogP contribution >= 0.6 is 15.9 Å². The van der Waals surface area contributed by atoms with Gasteiger partial charge < -0.3 is 20.3 Å². The number of aliphatic hydroxyl groups is 1. The molecule has 0 bridgehead atoms. The molecule has 0 spiro atoms. The number of benzene rings is 3. The zero-order valence-electron chi connectivity index (χ0n) is 19.3. The maximum Gasteiger partial charge on any atom is 0.250 e. The van der Waals surface area contributed by atoms with Gasteiger partial charge in [-0.2, -0.15) is 0 Å². The van der Waals surface area contributed by atoms with Crippen LogP contribution in [0.2, 0.25) is 0 Å². The topological polar surface area (TPSA) is 143 Å². The Hall–Kier alpha value is -3.85. The molecule has 4 rings (SSSR count). The van der Waals surface area contributed by atoms with E-state index in [1.807, 2.05) is 24.3 Å². The smallest absolute Gasteiger partial charge is 0.250 e. The van der Waals surface area contributed by atoms with E-state index < -0.39 is 17.6 Å². The molecule has 0 fully saturated rings. The van der Waals surface area contributed by atoms with Crippen molar-refractivity contribution in [2.24, 2.45) is 15.8 Å². The van der Waals surface area contributed by atoms with Gasteiger partial charge in [0, 0.05) is 45.6 Å². The van der Waals surface area contributed by atoms with Crippen molar-refractivity contribution in [1.82, 2.24) is 0 Å². The number of amides is 1. The fourth-order valence-electron chi connectivity index (χ4n) is 4.06. The highest BCUT2D eigenvalue weighted by Crippen LogP contribution is 2.45. The zero-order valence-corrected chi connectivity index (χ0v) is 20.8. The minimum atomic E-state index is -1.50. The molecule has 0 unspecified atom stereocenters. The Morgan fingerprint density at radius 1 is 1.17 bits per heavy atom. The molecule has 3 aromatic carbocycles. The minimum absolute atomic E-state index is 0.0498. The third-order valence-electron chi connectivity index (χ3n) is 5.85. The van der Waals surface area contributed by atoms with E-state index in [0.717, 1.165) is 10.0 Å². The second kappa shape index (κ2) is 11.3. The molecule has 0 radical (unpaired) electrons. The second-order valence-electron chi connectivity index (χ2n) is 8.17. The summed E-state index contributed by atoms with van der Waals surface area (Å²) in [5.41, 5.74) is 15.9. The number of azide groups is 1. The molecule has 1 amide bonds. The fourth-order valence-corrected chi connectivity index (χ4v) is 4.49. The second-order valence-corrected chi connectivity index (χ2v) is 9.02. The normalized spacial score (nSPS) is 18.6. The lowest BCUT2D eigenvalue weighted by Gasteiger charge is -2.30. The van der Waals surface area contributed by atoms with Gasteiger partial charge in [-0.3, -0.25) is 4.79 Å². The molecule has 36 heavy (non-hydrogen) atoms. The molecule has 1 aliphatic rings. The molecule has 1 aliphatic heterocycles. The Kier molecular flexibility index (Phi) is 7.90. The van der Waals surface area contributed by atoms with Crippen molar-refractivity contribution in [2.45, 2.75) is 24.5 Å². The highest BCUT2D eigenvalue weighted by molar-refractivity contribution is 9.10. The monoisotopic (exact) mass is 549 g/mol. The highest BCUT2D eigenvalue weighted by atomic mass is 79.9. The molecule has 10 heteroatoms. The van der Waals surface area contributed by atoms with Crippen molar-refractivity contribution < 1.29 is 19.4 Å². The SMILES string of the molecule is [N-]=[N+]=Nc1ccccc1[C@H]1OC(c2ccc(OCCCO)cc2)=N[C@@]1(Cc1ccccc1Br)C(N)=O. The van der Waals surface area contributed by atoms with Crippen LogP contribution in [0.1, 0.15) is 29.2 Å². The van der Waals surface area contributed by atoms with E-state index in [4.69, 9.17) is 30.8 Å². The predicted molar refractivity (Wildman–Crippen MR) is 139 cm³/mol. The van der Waals surface area contributed by atoms with E-state index in [9.17, 15) is 4.79 Å². The van der Waals surface area contributed by atoms with Crippen LogP contribution in [-0.2, 0) is 16.0 Å².